The van der Waals surface area contributed by atoms with E-state index in [-0.39, 0.29) is 11.6 Å². The number of benzene rings is 2. The van der Waals surface area contributed by atoms with Gasteiger partial charge in [0, 0.05) is 10.0 Å². The van der Waals surface area contributed by atoms with Crippen molar-refractivity contribution in [2.75, 3.05) is 0 Å². The molecule has 0 amide bonds. The van der Waals surface area contributed by atoms with Gasteiger partial charge in [0.25, 0.3) is 0 Å². The predicted octanol–water partition coefficient (Wildman–Crippen LogP) is 5.06. The molecule has 1 unspecified atom stereocenters. The second-order valence-corrected chi connectivity index (χ2v) is 5.59. The van der Waals surface area contributed by atoms with E-state index >= 15 is 0 Å². The minimum atomic E-state index is -0.811. The molecule has 0 aliphatic rings. The van der Waals surface area contributed by atoms with Crippen molar-refractivity contribution in [3.8, 4) is 0 Å². The third-order valence-electron chi connectivity index (χ3n) is 2.86. The third kappa shape index (κ3) is 3.23. The first-order valence-corrected chi connectivity index (χ1v) is 6.92. The molecule has 1 nitrogen and oxygen atoms in total. The number of carbonyl (C=O) groups is 1. The lowest BCUT2D eigenvalue weighted by Gasteiger charge is -2.11. The Hall–Kier alpha value is -1.19. The summed E-state index contributed by atoms with van der Waals surface area (Å²) in [5, 5.41) is -0.811. The molecule has 2 aromatic carbocycles. The summed E-state index contributed by atoms with van der Waals surface area (Å²) in [6.45, 7) is 1.86. The van der Waals surface area contributed by atoms with Crippen molar-refractivity contribution >= 4 is 33.3 Å². The van der Waals surface area contributed by atoms with Crippen molar-refractivity contribution in [2.45, 2.75) is 12.3 Å². The van der Waals surface area contributed by atoms with E-state index in [1.807, 2.05) is 19.1 Å². The standard InChI is InChI=1S/C15H11BrClFO/c1-9-2-5-11(16)8-13(9)15(19)14(17)10-3-6-12(18)7-4-10/h2-8,14H,1H3. The Bertz CT molecular complexity index is 610. The summed E-state index contributed by atoms with van der Waals surface area (Å²) in [4.78, 5) is 12.4. The number of hydrogen-bond acceptors (Lipinski definition) is 1. The number of rotatable bonds is 3. The van der Waals surface area contributed by atoms with E-state index in [2.05, 4.69) is 15.9 Å². The molecule has 1 atom stereocenters. The van der Waals surface area contributed by atoms with Crippen LogP contribution in [0.4, 0.5) is 4.39 Å². The molecule has 0 aromatic heterocycles. The van der Waals surface area contributed by atoms with Crippen LogP contribution in [0.1, 0.15) is 26.9 Å². The average Bonchev–Trinajstić information content (AvgIpc) is 2.41. The molecule has 4 heteroatoms. The van der Waals surface area contributed by atoms with E-state index in [0.717, 1.165) is 10.0 Å². The van der Waals surface area contributed by atoms with E-state index in [9.17, 15) is 9.18 Å². The first-order chi connectivity index (χ1) is 8.99. The van der Waals surface area contributed by atoms with Crippen LogP contribution in [-0.4, -0.2) is 5.78 Å². The second-order valence-electron chi connectivity index (χ2n) is 4.24. The number of halogens is 3. The summed E-state index contributed by atoms with van der Waals surface area (Å²) in [5.74, 6) is -0.536. The van der Waals surface area contributed by atoms with Gasteiger partial charge in [-0.2, -0.15) is 0 Å². The molecule has 0 aliphatic carbocycles. The zero-order chi connectivity index (χ0) is 14.0. The Kier molecular flexibility index (Phi) is 4.38. The molecule has 0 N–H and O–H groups in total. The van der Waals surface area contributed by atoms with Gasteiger partial charge in [0.1, 0.15) is 11.2 Å². The number of carbonyl (C=O) groups excluding carboxylic acids is 1. The topological polar surface area (TPSA) is 17.1 Å². The lowest BCUT2D eigenvalue weighted by atomic mass is 9.99. The number of hydrogen-bond donors (Lipinski definition) is 0. The maximum Gasteiger partial charge on any atom is 0.185 e. The maximum absolute atomic E-state index is 12.9. The fourth-order valence-corrected chi connectivity index (χ4v) is 2.40. The molecule has 19 heavy (non-hydrogen) atoms. The highest BCUT2D eigenvalue weighted by atomic mass is 79.9. The Morgan fingerprint density at radius 2 is 1.84 bits per heavy atom. The van der Waals surface area contributed by atoms with E-state index < -0.39 is 5.38 Å². The zero-order valence-corrected chi connectivity index (χ0v) is 12.5. The van der Waals surface area contributed by atoms with Crippen LogP contribution < -0.4 is 0 Å². The van der Waals surface area contributed by atoms with Gasteiger partial charge in [0.2, 0.25) is 0 Å². The van der Waals surface area contributed by atoms with Crippen LogP contribution in [0.5, 0.6) is 0 Å². The van der Waals surface area contributed by atoms with Gasteiger partial charge >= 0.3 is 0 Å². The summed E-state index contributed by atoms with van der Waals surface area (Å²) >= 11 is 9.52. The number of aryl methyl sites for hydroxylation is 1. The number of alkyl halides is 1. The monoisotopic (exact) mass is 340 g/mol. The molecule has 2 aromatic rings. The molecule has 0 bridgehead atoms. The molecule has 0 spiro atoms. The molecule has 0 aliphatic heterocycles. The zero-order valence-electron chi connectivity index (χ0n) is 10.2. The summed E-state index contributed by atoms with van der Waals surface area (Å²) in [6, 6.07) is 11.1. The van der Waals surface area contributed by atoms with Crippen LogP contribution in [0.15, 0.2) is 46.9 Å². The molecule has 2 rings (SSSR count). The van der Waals surface area contributed by atoms with Gasteiger partial charge in [0.05, 0.1) is 0 Å². The van der Waals surface area contributed by atoms with Gasteiger partial charge in [-0.1, -0.05) is 34.1 Å². The van der Waals surface area contributed by atoms with Gasteiger partial charge in [-0.3, -0.25) is 4.79 Å². The molecule has 0 heterocycles. The number of ketones is 1. The van der Waals surface area contributed by atoms with Crippen molar-refractivity contribution in [1.29, 1.82) is 0 Å². The lowest BCUT2D eigenvalue weighted by Crippen LogP contribution is -2.09. The summed E-state index contributed by atoms with van der Waals surface area (Å²) in [5.41, 5.74) is 2.02. The van der Waals surface area contributed by atoms with Gasteiger partial charge in [-0.15, -0.1) is 11.6 Å². The highest BCUT2D eigenvalue weighted by Gasteiger charge is 2.21. The fourth-order valence-electron chi connectivity index (χ4n) is 1.78. The number of Topliss-reactive ketones (excluding diaryl/α,β-unsaturated/α-hetero) is 1. The minimum absolute atomic E-state index is 0.188. The van der Waals surface area contributed by atoms with Gasteiger partial charge < -0.3 is 0 Å². The Balaban J connectivity index is 2.33. The molecule has 98 valence electrons. The van der Waals surface area contributed by atoms with Crippen LogP contribution >= 0.6 is 27.5 Å². The van der Waals surface area contributed by atoms with Crippen molar-refractivity contribution in [2.24, 2.45) is 0 Å². The smallest absolute Gasteiger partial charge is 0.185 e. The average molecular weight is 342 g/mol. The summed E-state index contributed by atoms with van der Waals surface area (Å²) in [6.07, 6.45) is 0. The van der Waals surface area contributed by atoms with E-state index in [0.29, 0.717) is 11.1 Å². The van der Waals surface area contributed by atoms with Crippen LogP contribution in [0.2, 0.25) is 0 Å². The molecule has 0 saturated carbocycles. The SMILES string of the molecule is Cc1ccc(Br)cc1C(=O)C(Cl)c1ccc(F)cc1. The van der Waals surface area contributed by atoms with Gasteiger partial charge in [0.15, 0.2) is 5.78 Å². The van der Waals surface area contributed by atoms with Gasteiger partial charge in [-0.25, -0.2) is 4.39 Å². The fraction of sp³-hybridized carbons (Fsp3) is 0.133. The predicted molar refractivity (Wildman–Crippen MR) is 78.2 cm³/mol. The molecule has 0 fully saturated rings. The first-order valence-electron chi connectivity index (χ1n) is 5.69. The van der Waals surface area contributed by atoms with Crippen molar-refractivity contribution in [1.82, 2.24) is 0 Å². The molecule has 0 radical (unpaired) electrons. The third-order valence-corrected chi connectivity index (χ3v) is 3.80. The quantitative estimate of drug-likeness (QED) is 0.563. The first kappa shape index (κ1) is 14.2. The second kappa shape index (κ2) is 5.85. The van der Waals surface area contributed by atoms with Crippen LogP contribution in [-0.2, 0) is 0 Å². The van der Waals surface area contributed by atoms with Crippen LogP contribution in [0.25, 0.3) is 0 Å². The Morgan fingerprint density at radius 3 is 2.47 bits per heavy atom. The largest absolute Gasteiger partial charge is 0.292 e. The van der Waals surface area contributed by atoms with Crippen LogP contribution in [0.3, 0.4) is 0 Å². The van der Waals surface area contributed by atoms with E-state index in [1.165, 1.54) is 24.3 Å². The normalized spacial score (nSPS) is 12.2. The highest BCUT2D eigenvalue weighted by Crippen LogP contribution is 2.28. The van der Waals surface area contributed by atoms with E-state index in [1.54, 1.807) is 6.07 Å². The summed E-state index contributed by atoms with van der Waals surface area (Å²) in [7, 11) is 0. The van der Waals surface area contributed by atoms with Gasteiger partial charge in [-0.05, 0) is 42.3 Å². The minimum Gasteiger partial charge on any atom is -0.292 e. The van der Waals surface area contributed by atoms with Crippen LogP contribution in [0, 0.1) is 12.7 Å². The van der Waals surface area contributed by atoms with E-state index in [4.69, 9.17) is 11.6 Å². The maximum atomic E-state index is 12.9. The van der Waals surface area contributed by atoms with Crippen molar-refractivity contribution < 1.29 is 9.18 Å². The molecular formula is C15H11BrClFO. The lowest BCUT2D eigenvalue weighted by molar-refractivity contribution is 0.0986. The molecule has 0 saturated heterocycles. The van der Waals surface area contributed by atoms with Crippen molar-refractivity contribution in [3.05, 3.63) is 69.4 Å². The van der Waals surface area contributed by atoms with Crippen molar-refractivity contribution in [3.63, 3.8) is 0 Å². The summed E-state index contributed by atoms with van der Waals surface area (Å²) < 4.78 is 13.7. The molecular weight excluding hydrogens is 331 g/mol. The Morgan fingerprint density at radius 1 is 1.21 bits per heavy atom. The Labute approximate surface area is 124 Å². The highest BCUT2D eigenvalue weighted by molar-refractivity contribution is 9.10.